The minimum atomic E-state index is -3.58. The number of amides is 1. The molecule has 0 fully saturated rings. The first-order chi connectivity index (χ1) is 7.93. The third-order valence-corrected chi connectivity index (χ3v) is 3.09. The first kappa shape index (κ1) is 13.2. The smallest absolute Gasteiger partial charge is 0.239 e. The van der Waals surface area contributed by atoms with Crippen molar-refractivity contribution in [2.24, 2.45) is 0 Å². The van der Waals surface area contributed by atoms with Gasteiger partial charge in [0.25, 0.3) is 0 Å². The lowest BCUT2D eigenvalue weighted by atomic mass is 10.3. The molecule has 0 heterocycles. The van der Waals surface area contributed by atoms with Crippen molar-refractivity contribution in [1.29, 1.82) is 0 Å². The van der Waals surface area contributed by atoms with E-state index in [-0.39, 0.29) is 0 Å². The minimum absolute atomic E-state index is 0.326. The van der Waals surface area contributed by atoms with Crippen LogP contribution in [-0.4, -0.2) is 25.8 Å². The van der Waals surface area contributed by atoms with E-state index in [2.05, 4.69) is 5.32 Å². The van der Waals surface area contributed by atoms with Crippen LogP contribution in [0.2, 0.25) is 0 Å². The Morgan fingerprint density at radius 1 is 1.35 bits per heavy atom. The maximum Gasteiger partial charge on any atom is 0.239 e. The number of nitrogens with one attached hydrogen (secondary N) is 1. The molecule has 0 atom stereocenters. The van der Waals surface area contributed by atoms with E-state index in [1.807, 2.05) is 5.92 Å². The van der Waals surface area contributed by atoms with Crippen LogP contribution in [0.15, 0.2) is 24.3 Å². The fourth-order valence-corrected chi connectivity index (χ4v) is 1.94. The van der Waals surface area contributed by atoms with Gasteiger partial charge in [-0.15, -0.1) is 6.42 Å². The zero-order chi connectivity index (χ0) is 12.9. The van der Waals surface area contributed by atoms with Crippen molar-refractivity contribution in [2.75, 3.05) is 16.8 Å². The van der Waals surface area contributed by atoms with Gasteiger partial charge in [-0.25, -0.2) is 12.8 Å². The first-order valence-corrected chi connectivity index (χ1v) is 6.44. The van der Waals surface area contributed by atoms with Crippen LogP contribution in [0.3, 0.4) is 0 Å². The summed E-state index contributed by atoms with van der Waals surface area (Å²) < 4.78 is 35.0. The van der Waals surface area contributed by atoms with Crippen LogP contribution in [-0.2, 0) is 14.6 Å². The van der Waals surface area contributed by atoms with Crippen LogP contribution in [0.4, 0.5) is 10.1 Å². The molecule has 1 N–H and O–H groups in total. The van der Waals surface area contributed by atoms with Crippen LogP contribution < -0.4 is 5.32 Å². The number of rotatable bonds is 4. The Balaban J connectivity index is 2.62. The highest BCUT2D eigenvalue weighted by Gasteiger charge is 2.15. The summed E-state index contributed by atoms with van der Waals surface area (Å²) in [5.41, 5.74) is 0.326. The monoisotopic (exact) mass is 255 g/mol. The Kier molecular flexibility index (Phi) is 4.24. The van der Waals surface area contributed by atoms with Gasteiger partial charge in [-0.05, 0) is 24.3 Å². The number of hydrogen-bond donors (Lipinski definition) is 1. The van der Waals surface area contributed by atoms with E-state index in [0.717, 1.165) is 12.1 Å². The zero-order valence-corrected chi connectivity index (χ0v) is 9.63. The zero-order valence-electron chi connectivity index (χ0n) is 8.81. The summed E-state index contributed by atoms with van der Waals surface area (Å²) in [6.45, 7) is 0. The average molecular weight is 255 g/mol. The van der Waals surface area contributed by atoms with Gasteiger partial charge in [0.05, 0.1) is 0 Å². The molecule has 90 valence electrons. The Morgan fingerprint density at radius 2 is 1.94 bits per heavy atom. The Bertz CT molecular complexity index is 543. The van der Waals surface area contributed by atoms with Crippen molar-refractivity contribution in [2.45, 2.75) is 0 Å². The first-order valence-electron chi connectivity index (χ1n) is 4.62. The fourth-order valence-electron chi connectivity index (χ4n) is 1.11. The number of terminal acetylenes is 1. The second kappa shape index (κ2) is 5.46. The quantitative estimate of drug-likeness (QED) is 0.810. The van der Waals surface area contributed by atoms with E-state index in [1.165, 1.54) is 12.1 Å². The lowest BCUT2D eigenvalue weighted by Crippen LogP contribution is -2.24. The summed E-state index contributed by atoms with van der Waals surface area (Å²) in [4.78, 5) is 11.3. The number of anilines is 1. The van der Waals surface area contributed by atoms with E-state index in [9.17, 15) is 17.6 Å². The number of sulfone groups is 1. The van der Waals surface area contributed by atoms with E-state index in [1.54, 1.807) is 0 Å². The minimum Gasteiger partial charge on any atom is -0.325 e. The maximum absolute atomic E-state index is 12.6. The molecule has 4 nitrogen and oxygen atoms in total. The summed E-state index contributed by atoms with van der Waals surface area (Å²) >= 11 is 0. The van der Waals surface area contributed by atoms with Gasteiger partial charge in [-0.1, -0.05) is 5.92 Å². The average Bonchev–Trinajstić information content (AvgIpc) is 2.20. The molecule has 0 spiro atoms. The van der Waals surface area contributed by atoms with Gasteiger partial charge in [-0.3, -0.25) is 4.79 Å². The molecule has 0 aromatic heterocycles. The normalized spacial score (nSPS) is 10.6. The molecule has 1 rings (SSSR count). The van der Waals surface area contributed by atoms with Crippen LogP contribution >= 0.6 is 0 Å². The Labute approximate surface area is 98.8 Å². The van der Waals surface area contributed by atoms with Gasteiger partial charge in [0.2, 0.25) is 5.91 Å². The van der Waals surface area contributed by atoms with Crippen molar-refractivity contribution >= 4 is 21.4 Å². The molecule has 0 saturated carbocycles. The molecule has 1 aromatic carbocycles. The Hall–Kier alpha value is -1.87. The van der Waals surface area contributed by atoms with Crippen LogP contribution in [0.25, 0.3) is 0 Å². The lowest BCUT2D eigenvalue weighted by Gasteiger charge is -2.04. The maximum atomic E-state index is 12.6. The molecule has 17 heavy (non-hydrogen) atoms. The summed E-state index contributed by atoms with van der Waals surface area (Å²) in [6, 6.07) is 4.99. The molecule has 0 saturated heterocycles. The summed E-state index contributed by atoms with van der Waals surface area (Å²) in [5, 5.41) is 2.33. The molecular weight excluding hydrogens is 245 g/mol. The third kappa shape index (κ3) is 4.66. The van der Waals surface area contributed by atoms with Gasteiger partial charge in [0, 0.05) is 5.69 Å². The SMILES string of the molecule is C#CCS(=O)(=O)CC(=O)Nc1ccc(F)cc1. The molecule has 0 aliphatic rings. The molecule has 1 aromatic rings. The van der Waals surface area contributed by atoms with E-state index in [4.69, 9.17) is 6.42 Å². The molecular formula is C11H10FNO3S. The molecule has 0 radical (unpaired) electrons. The van der Waals surface area contributed by atoms with Crippen LogP contribution in [0.1, 0.15) is 0 Å². The standard InChI is InChI=1S/C11H10FNO3S/c1-2-7-17(15,16)8-11(14)13-10-5-3-9(12)4-6-10/h1,3-6H,7-8H2,(H,13,14). The molecule has 6 heteroatoms. The van der Waals surface area contributed by atoms with Gasteiger partial charge < -0.3 is 5.32 Å². The number of carbonyl (C=O) groups excluding carboxylic acids is 1. The van der Waals surface area contributed by atoms with E-state index in [0.29, 0.717) is 5.69 Å². The predicted molar refractivity (Wildman–Crippen MR) is 62.5 cm³/mol. The number of halogens is 1. The van der Waals surface area contributed by atoms with E-state index < -0.39 is 33.1 Å². The summed E-state index contributed by atoms with van der Waals surface area (Å²) in [6.07, 6.45) is 4.86. The summed E-state index contributed by atoms with van der Waals surface area (Å²) in [7, 11) is -3.58. The topological polar surface area (TPSA) is 63.2 Å². The number of carbonyl (C=O) groups is 1. The summed E-state index contributed by atoms with van der Waals surface area (Å²) in [5.74, 6) is -0.345. The molecule has 1 amide bonds. The van der Waals surface area contributed by atoms with Crippen LogP contribution in [0, 0.1) is 18.2 Å². The van der Waals surface area contributed by atoms with E-state index >= 15 is 0 Å². The van der Waals surface area contributed by atoms with Crippen molar-refractivity contribution in [3.63, 3.8) is 0 Å². The second-order valence-corrected chi connectivity index (χ2v) is 5.36. The van der Waals surface area contributed by atoms with Crippen LogP contribution in [0.5, 0.6) is 0 Å². The molecule has 0 unspecified atom stereocenters. The highest BCUT2D eigenvalue weighted by Crippen LogP contribution is 2.08. The second-order valence-electron chi connectivity index (χ2n) is 3.29. The Morgan fingerprint density at radius 3 is 2.47 bits per heavy atom. The van der Waals surface area contributed by atoms with Crippen molar-refractivity contribution in [3.8, 4) is 12.3 Å². The highest BCUT2D eigenvalue weighted by atomic mass is 32.2. The predicted octanol–water partition coefficient (Wildman–Crippen LogP) is 0.812. The van der Waals surface area contributed by atoms with Gasteiger partial charge in [-0.2, -0.15) is 0 Å². The van der Waals surface area contributed by atoms with Gasteiger partial charge in [0.15, 0.2) is 9.84 Å². The number of benzene rings is 1. The van der Waals surface area contributed by atoms with Crippen molar-refractivity contribution < 1.29 is 17.6 Å². The van der Waals surface area contributed by atoms with Gasteiger partial charge in [0.1, 0.15) is 17.3 Å². The molecule has 0 aliphatic heterocycles. The largest absolute Gasteiger partial charge is 0.325 e. The number of hydrogen-bond acceptors (Lipinski definition) is 3. The highest BCUT2D eigenvalue weighted by molar-refractivity contribution is 7.92. The molecule has 0 aliphatic carbocycles. The fraction of sp³-hybridized carbons (Fsp3) is 0.182. The van der Waals surface area contributed by atoms with Crippen molar-refractivity contribution in [1.82, 2.24) is 0 Å². The lowest BCUT2D eigenvalue weighted by molar-refractivity contribution is -0.113. The van der Waals surface area contributed by atoms with Gasteiger partial charge >= 0.3 is 0 Å². The van der Waals surface area contributed by atoms with Crippen molar-refractivity contribution in [3.05, 3.63) is 30.1 Å². The third-order valence-electron chi connectivity index (χ3n) is 1.78. The molecule has 0 bridgehead atoms.